The van der Waals surface area contributed by atoms with Crippen molar-refractivity contribution in [1.82, 2.24) is 5.32 Å². The fourth-order valence-corrected chi connectivity index (χ4v) is 2.57. The molecule has 0 unspecified atom stereocenters. The summed E-state index contributed by atoms with van der Waals surface area (Å²) < 4.78 is 5.71. The maximum atomic E-state index is 12.5. The summed E-state index contributed by atoms with van der Waals surface area (Å²) in [6.07, 6.45) is 1.90. The van der Waals surface area contributed by atoms with Gasteiger partial charge in [-0.2, -0.15) is 0 Å². The molecule has 0 aliphatic carbocycles. The van der Waals surface area contributed by atoms with Crippen LogP contribution in [-0.4, -0.2) is 25.5 Å². The van der Waals surface area contributed by atoms with E-state index in [-0.39, 0.29) is 5.92 Å². The summed E-state index contributed by atoms with van der Waals surface area (Å²) in [5, 5.41) is 3.30. The van der Waals surface area contributed by atoms with Gasteiger partial charge in [0.2, 0.25) is 0 Å². The van der Waals surface area contributed by atoms with E-state index in [1.54, 1.807) is 0 Å². The number of hydrogen-bond donors (Lipinski definition) is 1. The minimum atomic E-state index is 0.178. The second-order valence-corrected chi connectivity index (χ2v) is 6.07. The Morgan fingerprint density at radius 1 is 1.35 bits per heavy atom. The van der Waals surface area contributed by atoms with E-state index in [4.69, 9.17) is 4.74 Å². The van der Waals surface area contributed by atoms with Gasteiger partial charge in [-0.05, 0) is 62.5 Å². The first-order valence-electron chi connectivity index (χ1n) is 7.56. The van der Waals surface area contributed by atoms with Gasteiger partial charge in [-0.15, -0.1) is 0 Å². The summed E-state index contributed by atoms with van der Waals surface area (Å²) in [6, 6.07) is 5.83. The number of carbonyl (C=O) groups is 1. The molecular formula is C17H25NO2. The quantitative estimate of drug-likeness (QED) is 0.839. The van der Waals surface area contributed by atoms with Gasteiger partial charge in [-0.3, -0.25) is 4.79 Å². The zero-order chi connectivity index (χ0) is 14.5. The van der Waals surface area contributed by atoms with E-state index < -0.39 is 0 Å². The maximum absolute atomic E-state index is 12.5. The Balaban J connectivity index is 2.06. The second kappa shape index (κ2) is 6.89. The topological polar surface area (TPSA) is 38.3 Å². The van der Waals surface area contributed by atoms with Crippen LogP contribution in [-0.2, 0) is 0 Å². The molecule has 0 saturated carbocycles. The molecular weight excluding hydrogens is 250 g/mol. The molecule has 1 aliphatic rings. The molecule has 0 aromatic heterocycles. The number of ether oxygens (including phenoxy) is 1. The summed E-state index contributed by atoms with van der Waals surface area (Å²) in [4.78, 5) is 12.5. The molecule has 0 radical (unpaired) electrons. The van der Waals surface area contributed by atoms with Crippen LogP contribution >= 0.6 is 0 Å². The van der Waals surface area contributed by atoms with Crippen LogP contribution in [0.25, 0.3) is 0 Å². The van der Waals surface area contributed by atoms with Gasteiger partial charge in [0, 0.05) is 11.5 Å². The van der Waals surface area contributed by atoms with E-state index in [0.29, 0.717) is 18.3 Å². The predicted octanol–water partition coefficient (Wildman–Crippen LogP) is 3.21. The van der Waals surface area contributed by atoms with Gasteiger partial charge in [-0.25, -0.2) is 0 Å². The second-order valence-electron chi connectivity index (χ2n) is 6.07. The first-order valence-corrected chi connectivity index (χ1v) is 7.56. The maximum Gasteiger partial charge on any atom is 0.166 e. The van der Waals surface area contributed by atoms with Crippen molar-refractivity contribution in [2.24, 2.45) is 11.8 Å². The van der Waals surface area contributed by atoms with Crippen LogP contribution < -0.4 is 10.1 Å². The third-order valence-electron chi connectivity index (χ3n) is 3.76. The van der Waals surface area contributed by atoms with Crippen LogP contribution in [0.2, 0.25) is 0 Å². The first kappa shape index (κ1) is 15.0. The molecule has 0 atom stereocenters. The van der Waals surface area contributed by atoms with Gasteiger partial charge < -0.3 is 10.1 Å². The highest BCUT2D eigenvalue weighted by Crippen LogP contribution is 2.23. The lowest BCUT2D eigenvalue weighted by molar-refractivity contribution is 0.0894. The molecule has 1 saturated heterocycles. The van der Waals surface area contributed by atoms with Gasteiger partial charge >= 0.3 is 0 Å². The minimum Gasteiger partial charge on any atom is -0.493 e. The highest BCUT2D eigenvalue weighted by Gasteiger charge is 2.23. The van der Waals surface area contributed by atoms with Gasteiger partial charge in [-0.1, -0.05) is 13.8 Å². The van der Waals surface area contributed by atoms with Crippen LogP contribution in [0.15, 0.2) is 18.2 Å². The van der Waals surface area contributed by atoms with E-state index in [1.807, 2.05) is 25.1 Å². The number of carbonyl (C=O) groups excluding carboxylic acids is 1. The van der Waals surface area contributed by atoms with Crippen molar-refractivity contribution in [3.05, 3.63) is 29.3 Å². The third-order valence-corrected chi connectivity index (χ3v) is 3.76. The highest BCUT2D eigenvalue weighted by molar-refractivity contribution is 5.99. The molecule has 1 heterocycles. The number of hydrogen-bond acceptors (Lipinski definition) is 3. The van der Waals surface area contributed by atoms with Crippen LogP contribution in [0, 0.1) is 18.8 Å². The molecule has 0 spiro atoms. The number of benzene rings is 1. The van der Waals surface area contributed by atoms with Gasteiger partial charge in [0.15, 0.2) is 5.78 Å². The lowest BCUT2D eigenvalue weighted by atomic mass is 9.88. The highest BCUT2D eigenvalue weighted by atomic mass is 16.5. The molecule has 1 aliphatic heterocycles. The Bertz CT molecular complexity index is 462. The average molecular weight is 275 g/mol. The Morgan fingerprint density at radius 2 is 2.05 bits per heavy atom. The van der Waals surface area contributed by atoms with E-state index in [1.165, 1.54) is 0 Å². The molecule has 20 heavy (non-hydrogen) atoms. The number of rotatable bonds is 5. The fourth-order valence-electron chi connectivity index (χ4n) is 2.57. The van der Waals surface area contributed by atoms with Crippen molar-refractivity contribution in [3.8, 4) is 5.75 Å². The number of aryl methyl sites for hydroxylation is 1. The molecule has 3 nitrogen and oxygen atoms in total. The largest absolute Gasteiger partial charge is 0.493 e. The van der Waals surface area contributed by atoms with E-state index in [9.17, 15) is 4.79 Å². The number of ketones is 1. The average Bonchev–Trinajstić information content (AvgIpc) is 2.45. The molecule has 1 N–H and O–H groups in total. The van der Waals surface area contributed by atoms with Crippen molar-refractivity contribution >= 4 is 5.78 Å². The minimum absolute atomic E-state index is 0.178. The summed E-state index contributed by atoms with van der Waals surface area (Å²) in [6.45, 7) is 8.86. The zero-order valence-electron chi connectivity index (χ0n) is 12.7. The number of piperidine rings is 1. The van der Waals surface area contributed by atoms with Crippen LogP contribution in [0.4, 0.5) is 0 Å². The predicted molar refractivity (Wildman–Crippen MR) is 81.4 cm³/mol. The summed E-state index contributed by atoms with van der Waals surface area (Å²) in [7, 11) is 0. The van der Waals surface area contributed by atoms with Crippen molar-refractivity contribution < 1.29 is 9.53 Å². The molecule has 1 fully saturated rings. The molecule has 1 aromatic carbocycles. The third kappa shape index (κ3) is 3.83. The molecule has 0 bridgehead atoms. The van der Waals surface area contributed by atoms with Crippen LogP contribution in [0.3, 0.4) is 0 Å². The first-order chi connectivity index (χ1) is 9.58. The van der Waals surface area contributed by atoms with Gasteiger partial charge in [0.25, 0.3) is 0 Å². The van der Waals surface area contributed by atoms with Crippen molar-refractivity contribution in [2.75, 3.05) is 19.7 Å². The summed E-state index contributed by atoms with van der Waals surface area (Å²) in [5.74, 6) is 1.83. The Kier molecular flexibility index (Phi) is 5.18. The van der Waals surface area contributed by atoms with E-state index in [2.05, 4.69) is 19.2 Å². The smallest absolute Gasteiger partial charge is 0.166 e. The van der Waals surface area contributed by atoms with E-state index >= 15 is 0 Å². The monoisotopic (exact) mass is 275 g/mol. The molecule has 110 valence electrons. The molecule has 1 aromatic rings. The van der Waals surface area contributed by atoms with Gasteiger partial charge in [0.05, 0.1) is 6.61 Å². The zero-order valence-corrected chi connectivity index (χ0v) is 12.7. The number of Topliss-reactive ketones (excluding diaryl/α,β-unsaturated/α-hetero) is 1. The molecule has 0 amide bonds. The Morgan fingerprint density at radius 3 is 2.65 bits per heavy atom. The van der Waals surface area contributed by atoms with Crippen LogP contribution in [0.5, 0.6) is 5.75 Å². The number of nitrogens with one attached hydrogen (secondary N) is 1. The Hall–Kier alpha value is -1.35. The van der Waals surface area contributed by atoms with Crippen molar-refractivity contribution in [3.63, 3.8) is 0 Å². The summed E-state index contributed by atoms with van der Waals surface area (Å²) >= 11 is 0. The SMILES string of the molecule is Cc1cc(OCC(C)C)ccc1C(=O)C1CCNCC1. The van der Waals surface area contributed by atoms with Crippen LogP contribution in [0.1, 0.15) is 42.6 Å². The fraction of sp³-hybridized carbons (Fsp3) is 0.588. The lowest BCUT2D eigenvalue weighted by Crippen LogP contribution is -2.32. The van der Waals surface area contributed by atoms with Crippen molar-refractivity contribution in [2.45, 2.75) is 33.6 Å². The lowest BCUT2D eigenvalue weighted by Gasteiger charge is -2.22. The Labute approximate surface area is 121 Å². The van der Waals surface area contributed by atoms with E-state index in [0.717, 1.165) is 42.8 Å². The normalized spacial score (nSPS) is 16.4. The molecule has 3 heteroatoms. The molecule has 2 rings (SSSR count). The standard InChI is InChI=1S/C17H25NO2/c1-12(2)11-20-15-4-5-16(13(3)10-15)17(19)14-6-8-18-9-7-14/h4-5,10,12,14,18H,6-9,11H2,1-3H3. The summed E-state index contributed by atoms with van der Waals surface area (Å²) in [5.41, 5.74) is 1.88. The van der Waals surface area contributed by atoms with Crippen molar-refractivity contribution in [1.29, 1.82) is 0 Å². The van der Waals surface area contributed by atoms with Gasteiger partial charge in [0.1, 0.15) is 5.75 Å².